The summed E-state index contributed by atoms with van der Waals surface area (Å²) in [4.78, 5) is 4.52. The third-order valence-corrected chi connectivity index (χ3v) is 4.24. The SMILES string of the molecule is COc1cc(Br)cc2ncn(C3CCCCC3)c12. The molecule has 96 valence electrons. The molecule has 2 aromatic rings. The monoisotopic (exact) mass is 308 g/mol. The van der Waals surface area contributed by atoms with Crippen LogP contribution >= 0.6 is 15.9 Å². The van der Waals surface area contributed by atoms with Crippen LogP contribution in [0.4, 0.5) is 0 Å². The van der Waals surface area contributed by atoms with Gasteiger partial charge in [-0.05, 0) is 25.0 Å². The predicted octanol–water partition coefficient (Wildman–Crippen LogP) is 4.31. The summed E-state index contributed by atoms with van der Waals surface area (Å²) in [7, 11) is 1.72. The van der Waals surface area contributed by atoms with E-state index in [0.29, 0.717) is 6.04 Å². The van der Waals surface area contributed by atoms with E-state index < -0.39 is 0 Å². The summed E-state index contributed by atoms with van der Waals surface area (Å²) in [6, 6.07) is 4.65. The lowest BCUT2D eigenvalue weighted by Crippen LogP contribution is -2.12. The van der Waals surface area contributed by atoms with E-state index in [-0.39, 0.29) is 0 Å². The molecule has 1 fully saturated rings. The Morgan fingerprint density at radius 1 is 1.28 bits per heavy atom. The molecule has 0 saturated heterocycles. The number of methoxy groups -OCH3 is 1. The zero-order chi connectivity index (χ0) is 12.5. The van der Waals surface area contributed by atoms with Crippen LogP contribution in [0.3, 0.4) is 0 Å². The van der Waals surface area contributed by atoms with E-state index in [4.69, 9.17) is 4.74 Å². The van der Waals surface area contributed by atoms with Crippen molar-refractivity contribution in [3.63, 3.8) is 0 Å². The summed E-state index contributed by atoms with van der Waals surface area (Å²) in [5, 5.41) is 0. The van der Waals surface area contributed by atoms with Crippen molar-refractivity contribution in [3.8, 4) is 5.75 Å². The molecule has 1 heterocycles. The maximum atomic E-state index is 5.51. The topological polar surface area (TPSA) is 27.1 Å². The van der Waals surface area contributed by atoms with Gasteiger partial charge in [-0.2, -0.15) is 0 Å². The highest BCUT2D eigenvalue weighted by molar-refractivity contribution is 9.10. The number of ether oxygens (including phenoxy) is 1. The van der Waals surface area contributed by atoms with Crippen molar-refractivity contribution in [2.24, 2.45) is 0 Å². The van der Waals surface area contributed by atoms with E-state index in [1.54, 1.807) is 7.11 Å². The Balaban J connectivity index is 2.11. The molecule has 1 saturated carbocycles. The molecule has 1 aliphatic rings. The van der Waals surface area contributed by atoms with Crippen molar-refractivity contribution >= 4 is 27.0 Å². The van der Waals surface area contributed by atoms with Gasteiger partial charge in [0.2, 0.25) is 0 Å². The van der Waals surface area contributed by atoms with Crippen LogP contribution in [0.2, 0.25) is 0 Å². The zero-order valence-corrected chi connectivity index (χ0v) is 12.1. The van der Waals surface area contributed by atoms with E-state index in [1.807, 2.05) is 12.4 Å². The standard InChI is InChI=1S/C14H17BrN2O/c1-18-13-8-10(15)7-12-14(13)17(9-16-12)11-5-3-2-4-6-11/h7-9,11H,2-6H2,1H3. The smallest absolute Gasteiger partial charge is 0.145 e. The van der Waals surface area contributed by atoms with Crippen LogP contribution in [0, 0.1) is 0 Å². The molecule has 0 amide bonds. The van der Waals surface area contributed by atoms with Gasteiger partial charge in [0.05, 0.1) is 19.0 Å². The highest BCUT2D eigenvalue weighted by Gasteiger charge is 2.19. The van der Waals surface area contributed by atoms with Gasteiger partial charge in [-0.25, -0.2) is 4.98 Å². The number of benzene rings is 1. The molecule has 1 aromatic heterocycles. The van der Waals surface area contributed by atoms with Gasteiger partial charge in [0.25, 0.3) is 0 Å². The van der Waals surface area contributed by atoms with Crippen LogP contribution < -0.4 is 4.74 Å². The van der Waals surface area contributed by atoms with Crippen LogP contribution in [-0.2, 0) is 0 Å². The number of halogens is 1. The maximum absolute atomic E-state index is 5.51. The largest absolute Gasteiger partial charge is 0.494 e. The molecular weight excluding hydrogens is 292 g/mol. The molecule has 0 bridgehead atoms. The van der Waals surface area contributed by atoms with E-state index >= 15 is 0 Å². The van der Waals surface area contributed by atoms with E-state index in [9.17, 15) is 0 Å². The predicted molar refractivity (Wildman–Crippen MR) is 76.1 cm³/mol. The molecule has 0 radical (unpaired) electrons. The molecule has 1 aliphatic carbocycles. The molecule has 4 heteroatoms. The summed E-state index contributed by atoms with van der Waals surface area (Å²) >= 11 is 3.50. The normalized spacial score (nSPS) is 17.2. The van der Waals surface area contributed by atoms with Crippen molar-refractivity contribution in [1.29, 1.82) is 0 Å². The van der Waals surface area contributed by atoms with Crippen molar-refractivity contribution < 1.29 is 4.74 Å². The highest BCUT2D eigenvalue weighted by atomic mass is 79.9. The van der Waals surface area contributed by atoms with E-state index in [1.165, 1.54) is 32.1 Å². The minimum Gasteiger partial charge on any atom is -0.494 e. The quantitative estimate of drug-likeness (QED) is 0.826. The van der Waals surface area contributed by atoms with Gasteiger partial charge in [-0.1, -0.05) is 35.2 Å². The number of imidazole rings is 1. The number of hydrogen-bond acceptors (Lipinski definition) is 2. The van der Waals surface area contributed by atoms with Gasteiger partial charge in [-0.15, -0.1) is 0 Å². The average Bonchev–Trinajstić information content (AvgIpc) is 2.82. The van der Waals surface area contributed by atoms with E-state index in [2.05, 4.69) is 31.5 Å². The third-order valence-electron chi connectivity index (χ3n) is 3.79. The van der Waals surface area contributed by atoms with Gasteiger partial charge in [0, 0.05) is 10.5 Å². The number of nitrogens with zero attached hydrogens (tertiary/aromatic N) is 2. The molecule has 1 aromatic carbocycles. The molecule has 0 N–H and O–H groups in total. The Morgan fingerprint density at radius 3 is 2.78 bits per heavy atom. The summed E-state index contributed by atoms with van der Waals surface area (Å²) in [5.74, 6) is 0.905. The fourth-order valence-electron chi connectivity index (χ4n) is 2.89. The van der Waals surface area contributed by atoms with Gasteiger partial charge in [0.15, 0.2) is 0 Å². The Labute approximate surface area is 115 Å². The van der Waals surface area contributed by atoms with Gasteiger partial charge >= 0.3 is 0 Å². The number of fused-ring (bicyclic) bond motifs is 1. The lowest BCUT2D eigenvalue weighted by molar-refractivity contribution is 0.355. The minimum absolute atomic E-state index is 0.582. The lowest BCUT2D eigenvalue weighted by atomic mass is 9.95. The van der Waals surface area contributed by atoms with Crippen molar-refractivity contribution in [2.75, 3.05) is 7.11 Å². The van der Waals surface area contributed by atoms with Crippen LogP contribution in [-0.4, -0.2) is 16.7 Å². The van der Waals surface area contributed by atoms with Crippen LogP contribution in [0.5, 0.6) is 5.75 Å². The van der Waals surface area contributed by atoms with Crippen molar-refractivity contribution in [1.82, 2.24) is 9.55 Å². The Hall–Kier alpha value is -1.03. The van der Waals surface area contributed by atoms with Gasteiger partial charge < -0.3 is 9.30 Å². The molecule has 0 atom stereocenters. The second-order valence-corrected chi connectivity index (χ2v) is 5.84. The lowest BCUT2D eigenvalue weighted by Gasteiger charge is -2.24. The van der Waals surface area contributed by atoms with Crippen molar-refractivity contribution in [2.45, 2.75) is 38.1 Å². The van der Waals surface area contributed by atoms with Gasteiger partial charge in [-0.3, -0.25) is 0 Å². The second kappa shape index (κ2) is 4.92. The molecule has 0 spiro atoms. The van der Waals surface area contributed by atoms with Crippen molar-refractivity contribution in [3.05, 3.63) is 22.9 Å². The molecule has 3 rings (SSSR count). The Bertz CT molecular complexity index is 558. The summed E-state index contributed by atoms with van der Waals surface area (Å²) in [6.07, 6.45) is 8.49. The minimum atomic E-state index is 0.582. The maximum Gasteiger partial charge on any atom is 0.145 e. The zero-order valence-electron chi connectivity index (χ0n) is 10.5. The average molecular weight is 309 g/mol. The Kier molecular flexibility index (Phi) is 3.29. The highest BCUT2D eigenvalue weighted by Crippen LogP contribution is 2.35. The third kappa shape index (κ3) is 2.03. The molecule has 0 unspecified atom stereocenters. The number of hydrogen-bond donors (Lipinski definition) is 0. The summed E-state index contributed by atoms with van der Waals surface area (Å²) in [5.41, 5.74) is 2.14. The fourth-order valence-corrected chi connectivity index (χ4v) is 3.32. The molecule has 3 nitrogen and oxygen atoms in total. The fraction of sp³-hybridized carbons (Fsp3) is 0.500. The summed E-state index contributed by atoms with van der Waals surface area (Å²) in [6.45, 7) is 0. The van der Waals surface area contributed by atoms with Crippen LogP contribution in [0.15, 0.2) is 22.9 Å². The summed E-state index contributed by atoms with van der Waals surface area (Å²) < 4.78 is 8.83. The Morgan fingerprint density at radius 2 is 2.06 bits per heavy atom. The molecule has 18 heavy (non-hydrogen) atoms. The first-order valence-electron chi connectivity index (χ1n) is 6.49. The second-order valence-electron chi connectivity index (χ2n) is 4.92. The first-order valence-corrected chi connectivity index (χ1v) is 7.29. The van der Waals surface area contributed by atoms with Crippen LogP contribution in [0.25, 0.3) is 11.0 Å². The first kappa shape index (κ1) is 12.0. The number of aromatic nitrogens is 2. The molecular formula is C14H17BrN2O. The number of rotatable bonds is 2. The molecule has 0 aliphatic heterocycles. The van der Waals surface area contributed by atoms with Gasteiger partial charge in [0.1, 0.15) is 11.3 Å². The first-order chi connectivity index (χ1) is 8.79. The van der Waals surface area contributed by atoms with E-state index in [0.717, 1.165) is 21.3 Å². The van der Waals surface area contributed by atoms with Crippen LogP contribution in [0.1, 0.15) is 38.1 Å².